The highest BCUT2D eigenvalue weighted by Crippen LogP contribution is 2.13. The van der Waals surface area contributed by atoms with Crippen LogP contribution in [0.25, 0.3) is 4.96 Å². The fourth-order valence-electron chi connectivity index (χ4n) is 2.01. The quantitative estimate of drug-likeness (QED) is 0.537. The van der Waals surface area contributed by atoms with Gasteiger partial charge in [0.1, 0.15) is 12.4 Å². The van der Waals surface area contributed by atoms with Gasteiger partial charge in [0, 0.05) is 24.2 Å². The Morgan fingerprint density at radius 2 is 2.20 bits per heavy atom. The minimum absolute atomic E-state index is 0.0276. The maximum absolute atomic E-state index is 5.71. The van der Waals surface area contributed by atoms with Gasteiger partial charge in [-0.3, -0.25) is 15.7 Å². The molecule has 1 unspecified atom stereocenters. The highest BCUT2D eigenvalue weighted by Gasteiger charge is 2.12. The molecule has 0 bridgehead atoms. The van der Waals surface area contributed by atoms with Gasteiger partial charge in [0.05, 0.1) is 11.7 Å². The smallest absolute Gasteiger partial charge is 0.193 e. The molecule has 0 saturated heterocycles. The van der Waals surface area contributed by atoms with Gasteiger partial charge in [0.25, 0.3) is 0 Å². The number of nitrogens with two attached hydrogens (primary N) is 1. The molecule has 0 fully saturated rings. The number of ether oxygens (including phenoxy) is 1. The Labute approximate surface area is 121 Å². The molecule has 0 aliphatic rings. The average Bonchev–Trinajstić information content (AvgIpc) is 3.05. The van der Waals surface area contributed by atoms with Gasteiger partial charge in [0.15, 0.2) is 4.96 Å². The van der Waals surface area contributed by atoms with Gasteiger partial charge in [-0.2, -0.15) is 0 Å². The fraction of sp³-hybridized carbons (Fsp3) is 0.214. The zero-order valence-corrected chi connectivity index (χ0v) is 11.7. The van der Waals surface area contributed by atoms with Crippen LogP contribution >= 0.6 is 11.3 Å². The van der Waals surface area contributed by atoms with Crippen LogP contribution in [0.4, 0.5) is 0 Å². The Balaban J connectivity index is 1.60. The van der Waals surface area contributed by atoms with E-state index in [1.54, 1.807) is 11.3 Å². The van der Waals surface area contributed by atoms with Crippen molar-refractivity contribution in [1.82, 2.24) is 14.8 Å². The molecule has 1 aromatic carbocycles. The highest BCUT2D eigenvalue weighted by molar-refractivity contribution is 7.15. The number of thiazole rings is 1. The molecule has 2 aromatic heterocycles. The zero-order valence-electron chi connectivity index (χ0n) is 10.9. The second-order valence-electron chi connectivity index (χ2n) is 4.52. The third-order valence-corrected chi connectivity index (χ3v) is 3.80. The Morgan fingerprint density at radius 3 is 2.95 bits per heavy atom. The molecular formula is C14H16N4OS. The van der Waals surface area contributed by atoms with Gasteiger partial charge in [-0.05, 0) is 12.1 Å². The van der Waals surface area contributed by atoms with Gasteiger partial charge in [-0.25, -0.2) is 4.98 Å². The first-order valence-electron chi connectivity index (χ1n) is 6.40. The number of nitrogens with one attached hydrogen (secondary N) is 1. The molecule has 3 rings (SSSR count). The van der Waals surface area contributed by atoms with Crippen molar-refractivity contribution in [3.05, 3.63) is 53.8 Å². The van der Waals surface area contributed by atoms with Crippen LogP contribution in [0.15, 0.2) is 48.1 Å². The lowest BCUT2D eigenvalue weighted by Gasteiger charge is -2.15. The number of para-hydroxylation sites is 1. The molecular weight excluding hydrogens is 272 g/mol. The Morgan fingerprint density at radius 1 is 1.35 bits per heavy atom. The Kier molecular flexibility index (Phi) is 3.96. The number of fused-ring (bicyclic) bond motifs is 1. The van der Waals surface area contributed by atoms with Crippen LogP contribution in [0.3, 0.4) is 0 Å². The average molecular weight is 288 g/mol. The first-order chi connectivity index (χ1) is 9.85. The number of hydrazine groups is 1. The van der Waals surface area contributed by atoms with Crippen molar-refractivity contribution in [3.8, 4) is 5.75 Å². The predicted molar refractivity (Wildman–Crippen MR) is 79.8 cm³/mol. The van der Waals surface area contributed by atoms with Crippen molar-refractivity contribution >= 4 is 16.3 Å². The summed E-state index contributed by atoms with van der Waals surface area (Å²) in [5, 5.41) is 2.02. The van der Waals surface area contributed by atoms with Gasteiger partial charge in [0.2, 0.25) is 0 Å². The molecule has 0 aliphatic heterocycles. The van der Waals surface area contributed by atoms with Crippen molar-refractivity contribution in [3.63, 3.8) is 0 Å². The van der Waals surface area contributed by atoms with Crippen molar-refractivity contribution in [2.45, 2.75) is 12.5 Å². The van der Waals surface area contributed by atoms with Gasteiger partial charge >= 0.3 is 0 Å². The van der Waals surface area contributed by atoms with E-state index in [0.29, 0.717) is 6.61 Å². The first-order valence-corrected chi connectivity index (χ1v) is 7.28. The maximum Gasteiger partial charge on any atom is 0.193 e. The van der Waals surface area contributed by atoms with E-state index in [4.69, 9.17) is 10.6 Å². The number of nitrogens with zero attached hydrogens (tertiary/aromatic N) is 2. The molecule has 20 heavy (non-hydrogen) atoms. The molecule has 0 amide bonds. The summed E-state index contributed by atoms with van der Waals surface area (Å²) in [4.78, 5) is 5.55. The SMILES string of the molecule is NNC(COc1ccccc1)Cc1cn2ccsc2n1. The van der Waals surface area contributed by atoms with E-state index in [-0.39, 0.29) is 6.04 Å². The van der Waals surface area contributed by atoms with Gasteiger partial charge < -0.3 is 4.74 Å². The van der Waals surface area contributed by atoms with Crippen LogP contribution in [-0.2, 0) is 6.42 Å². The third-order valence-electron chi connectivity index (χ3n) is 3.03. The van der Waals surface area contributed by atoms with Crippen molar-refractivity contribution in [2.24, 2.45) is 5.84 Å². The minimum Gasteiger partial charge on any atom is -0.492 e. The standard InChI is InChI=1S/C14H16N4OS/c15-17-12(10-19-13-4-2-1-3-5-13)8-11-9-18-6-7-20-14(18)16-11/h1-7,9,12,17H,8,10,15H2. The topological polar surface area (TPSA) is 64.6 Å². The first kappa shape index (κ1) is 13.1. The normalized spacial score (nSPS) is 12.7. The maximum atomic E-state index is 5.71. The molecule has 0 aliphatic carbocycles. The number of hydrogen-bond acceptors (Lipinski definition) is 5. The van der Waals surface area contributed by atoms with Crippen LogP contribution in [0.1, 0.15) is 5.69 Å². The summed E-state index contributed by atoms with van der Waals surface area (Å²) in [5.41, 5.74) is 3.80. The number of imidazole rings is 1. The lowest BCUT2D eigenvalue weighted by molar-refractivity contribution is 0.263. The summed E-state index contributed by atoms with van der Waals surface area (Å²) in [7, 11) is 0. The number of rotatable bonds is 6. The van der Waals surface area contributed by atoms with Crippen LogP contribution in [0.5, 0.6) is 5.75 Å². The van der Waals surface area contributed by atoms with Crippen LogP contribution in [-0.4, -0.2) is 22.0 Å². The molecule has 3 N–H and O–H groups in total. The van der Waals surface area contributed by atoms with Crippen LogP contribution in [0.2, 0.25) is 0 Å². The second-order valence-corrected chi connectivity index (χ2v) is 5.39. The molecule has 3 aromatic rings. The van der Waals surface area contributed by atoms with Crippen LogP contribution in [0, 0.1) is 0 Å². The number of hydrogen-bond donors (Lipinski definition) is 2. The van der Waals surface area contributed by atoms with Crippen LogP contribution < -0.4 is 16.0 Å². The molecule has 0 saturated carbocycles. The third kappa shape index (κ3) is 2.98. The largest absolute Gasteiger partial charge is 0.492 e. The van der Waals surface area contributed by atoms with Crippen molar-refractivity contribution in [1.29, 1.82) is 0 Å². The molecule has 0 radical (unpaired) electrons. The zero-order chi connectivity index (χ0) is 13.8. The monoisotopic (exact) mass is 288 g/mol. The summed E-state index contributed by atoms with van der Waals surface area (Å²) >= 11 is 1.62. The Bertz CT molecular complexity index is 635. The predicted octanol–water partition coefficient (Wildman–Crippen LogP) is 1.85. The van der Waals surface area contributed by atoms with Gasteiger partial charge in [-0.1, -0.05) is 18.2 Å². The summed E-state index contributed by atoms with van der Waals surface area (Å²) in [5.74, 6) is 6.44. The summed E-state index contributed by atoms with van der Waals surface area (Å²) in [6, 6.07) is 9.75. The summed E-state index contributed by atoms with van der Waals surface area (Å²) in [6.07, 6.45) is 4.76. The summed E-state index contributed by atoms with van der Waals surface area (Å²) < 4.78 is 7.73. The van der Waals surface area contributed by atoms with E-state index >= 15 is 0 Å². The number of benzene rings is 1. The fourth-order valence-corrected chi connectivity index (χ4v) is 2.73. The van der Waals surface area contributed by atoms with E-state index in [2.05, 4.69) is 10.4 Å². The van der Waals surface area contributed by atoms with E-state index in [1.807, 2.05) is 52.5 Å². The lowest BCUT2D eigenvalue weighted by Crippen LogP contribution is -2.41. The second kappa shape index (κ2) is 6.04. The molecule has 104 valence electrons. The Hall–Kier alpha value is -1.89. The molecule has 1 atom stereocenters. The molecule has 6 heteroatoms. The molecule has 5 nitrogen and oxygen atoms in total. The van der Waals surface area contributed by atoms with Gasteiger partial charge in [-0.15, -0.1) is 11.3 Å². The van der Waals surface area contributed by atoms with E-state index < -0.39 is 0 Å². The molecule has 0 spiro atoms. The lowest BCUT2D eigenvalue weighted by atomic mass is 10.2. The summed E-state index contributed by atoms with van der Waals surface area (Å²) in [6.45, 7) is 0.506. The minimum atomic E-state index is 0.0276. The number of aromatic nitrogens is 2. The van der Waals surface area contributed by atoms with Crippen molar-refractivity contribution < 1.29 is 4.74 Å². The molecule has 2 heterocycles. The van der Waals surface area contributed by atoms with E-state index in [1.165, 1.54) is 0 Å². The van der Waals surface area contributed by atoms with E-state index in [9.17, 15) is 0 Å². The van der Waals surface area contributed by atoms with E-state index in [0.717, 1.165) is 22.8 Å². The van der Waals surface area contributed by atoms with Crippen molar-refractivity contribution in [2.75, 3.05) is 6.61 Å². The highest BCUT2D eigenvalue weighted by atomic mass is 32.1.